The first-order valence-corrected chi connectivity index (χ1v) is 9.03. The fourth-order valence-corrected chi connectivity index (χ4v) is 3.53. The van der Waals surface area contributed by atoms with Crippen LogP contribution in [0.3, 0.4) is 0 Å². The number of amides is 1. The van der Waals surface area contributed by atoms with E-state index in [-0.39, 0.29) is 11.3 Å². The van der Waals surface area contributed by atoms with Crippen molar-refractivity contribution in [2.24, 2.45) is 5.41 Å². The fraction of sp³-hybridized carbons (Fsp3) is 0.700. The lowest BCUT2D eigenvalue weighted by atomic mass is 9.75. The van der Waals surface area contributed by atoms with Crippen molar-refractivity contribution in [1.29, 1.82) is 0 Å². The molecular weight excluding hydrogens is 302 g/mol. The molecule has 4 nitrogen and oxygen atoms in total. The van der Waals surface area contributed by atoms with Gasteiger partial charge in [-0.05, 0) is 51.7 Å². The maximum Gasteiger partial charge on any atom is 0.326 e. The van der Waals surface area contributed by atoms with E-state index in [0.29, 0.717) is 19.3 Å². The molecule has 0 aromatic rings. The molecule has 1 atom stereocenters. The van der Waals surface area contributed by atoms with Crippen LogP contribution in [0.2, 0.25) is 0 Å². The van der Waals surface area contributed by atoms with Crippen LogP contribution in [0.5, 0.6) is 0 Å². The largest absolute Gasteiger partial charge is 0.480 e. The number of carbonyl (C=O) groups is 2. The van der Waals surface area contributed by atoms with E-state index in [1.54, 1.807) is 0 Å². The second-order valence-corrected chi connectivity index (χ2v) is 7.29. The summed E-state index contributed by atoms with van der Waals surface area (Å²) in [7, 11) is 0. The predicted molar refractivity (Wildman–Crippen MR) is 97.8 cm³/mol. The molecule has 24 heavy (non-hydrogen) atoms. The Morgan fingerprint density at radius 1 is 1.08 bits per heavy atom. The molecule has 0 aromatic carbocycles. The lowest BCUT2D eigenvalue weighted by molar-refractivity contribution is -0.142. The molecule has 2 N–H and O–H groups in total. The first kappa shape index (κ1) is 20.5. The molecule has 0 aromatic heterocycles. The molecule has 0 saturated heterocycles. The highest BCUT2D eigenvalue weighted by Gasteiger charge is 2.36. The second kappa shape index (κ2) is 8.50. The van der Waals surface area contributed by atoms with E-state index in [2.05, 4.69) is 46.9 Å². The number of carbonyl (C=O) groups excluding carboxylic acids is 1. The van der Waals surface area contributed by atoms with Gasteiger partial charge in [-0.2, -0.15) is 0 Å². The van der Waals surface area contributed by atoms with Gasteiger partial charge in [0.15, 0.2) is 0 Å². The SMILES string of the molecule is CCCCC[C@H](NC(=O)CCC1(C)C(C)=C(C)C(C)=C1C)C(=O)O. The normalized spacial score (nSPS) is 18.1. The summed E-state index contributed by atoms with van der Waals surface area (Å²) in [5.41, 5.74) is 5.19. The van der Waals surface area contributed by atoms with Gasteiger partial charge < -0.3 is 10.4 Å². The Balaban J connectivity index is 2.64. The highest BCUT2D eigenvalue weighted by Crippen LogP contribution is 2.49. The predicted octanol–water partition coefficient (Wildman–Crippen LogP) is 4.61. The fourth-order valence-electron chi connectivity index (χ4n) is 3.53. The number of aliphatic carboxylic acids is 1. The van der Waals surface area contributed by atoms with Crippen molar-refractivity contribution >= 4 is 11.9 Å². The van der Waals surface area contributed by atoms with Crippen LogP contribution in [0.4, 0.5) is 0 Å². The van der Waals surface area contributed by atoms with Gasteiger partial charge in [0.1, 0.15) is 6.04 Å². The lowest BCUT2D eigenvalue weighted by Crippen LogP contribution is -2.41. The van der Waals surface area contributed by atoms with Gasteiger partial charge in [-0.3, -0.25) is 4.79 Å². The van der Waals surface area contributed by atoms with Crippen molar-refractivity contribution in [1.82, 2.24) is 5.32 Å². The van der Waals surface area contributed by atoms with Gasteiger partial charge in [0, 0.05) is 11.8 Å². The second-order valence-electron chi connectivity index (χ2n) is 7.29. The average Bonchev–Trinajstić information content (AvgIpc) is 2.68. The number of allylic oxidation sites excluding steroid dienone is 4. The van der Waals surface area contributed by atoms with Gasteiger partial charge in [-0.1, -0.05) is 44.3 Å². The molecule has 1 aliphatic carbocycles. The highest BCUT2D eigenvalue weighted by molar-refractivity contribution is 5.83. The van der Waals surface area contributed by atoms with E-state index in [0.717, 1.165) is 19.3 Å². The number of hydrogen-bond donors (Lipinski definition) is 2. The molecule has 0 bridgehead atoms. The summed E-state index contributed by atoms with van der Waals surface area (Å²) >= 11 is 0. The quantitative estimate of drug-likeness (QED) is 0.605. The Morgan fingerprint density at radius 2 is 1.62 bits per heavy atom. The Bertz CT molecular complexity index is 533. The summed E-state index contributed by atoms with van der Waals surface area (Å²) in [6.07, 6.45) is 4.42. The van der Waals surface area contributed by atoms with Crippen LogP contribution < -0.4 is 5.32 Å². The molecule has 0 fully saturated rings. The Labute approximate surface area is 146 Å². The topological polar surface area (TPSA) is 66.4 Å². The summed E-state index contributed by atoms with van der Waals surface area (Å²) in [5.74, 6) is -1.10. The Morgan fingerprint density at radius 3 is 2.08 bits per heavy atom. The van der Waals surface area contributed by atoms with E-state index in [1.165, 1.54) is 22.3 Å². The van der Waals surface area contributed by atoms with Gasteiger partial charge in [-0.25, -0.2) is 4.79 Å². The molecule has 0 unspecified atom stereocenters. The van der Waals surface area contributed by atoms with E-state index in [1.807, 2.05) is 0 Å². The molecule has 0 aliphatic heterocycles. The summed E-state index contributed by atoms with van der Waals surface area (Å²) in [4.78, 5) is 23.6. The summed E-state index contributed by atoms with van der Waals surface area (Å²) < 4.78 is 0. The molecule has 1 rings (SSSR count). The van der Waals surface area contributed by atoms with Crippen LogP contribution in [-0.2, 0) is 9.59 Å². The Hall–Kier alpha value is -1.58. The molecule has 0 radical (unpaired) electrons. The molecule has 136 valence electrons. The van der Waals surface area contributed by atoms with Crippen molar-refractivity contribution in [3.05, 3.63) is 22.3 Å². The summed E-state index contributed by atoms with van der Waals surface area (Å²) in [6.45, 7) is 12.8. The van der Waals surface area contributed by atoms with Crippen molar-refractivity contribution < 1.29 is 14.7 Å². The molecule has 0 heterocycles. The van der Waals surface area contributed by atoms with Gasteiger partial charge in [-0.15, -0.1) is 0 Å². The van der Waals surface area contributed by atoms with Crippen molar-refractivity contribution in [3.8, 4) is 0 Å². The van der Waals surface area contributed by atoms with Crippen LogP contribution >= 0.6 is 0 Å². The maximum absolute atomic E-state index is 12.3. The van der Waals surface area contributed by atoms with Crippen molar-refractivity contribution in [2.75, 3.05) is 0 Å². The third-order valence-corrected chi connectivity index (χ3v) is 5.92. The molecule has 1 amide bonds. The minimum atomic E-state index is -0.939. The standard InChI is InChI=1S/C20H33NO3/c1-7-8-9-10-17(19(23)24)21-18(22)11-12-20(6)15(4)13(2)14(3)16(20)5/h17H,7-12H2,1-6H3,(H,21,22)(H,23,24)/t17-/m0/s1. The lowest BCUT2D eigenvalue weighted by Gasteiger charge is -2.29. The van der Waals surface area contributed by atoms with Crippen molar-refractivity contribution in [2.45, 2.75) is 86.1 Å². The number of hydrogen-bond acceptors (Lipinski definition) is 2. The molecule has 0 spiro atoms. The van der Waals surface area contributed by atoms with Crippen LogP contribution in [0.25, 0.3) is 0 Å². The average molecular weight is 335 g/mol. The summed E-state index contributed by atoms with van der Waals surface area (Å²) in [6, 6.07) is -0.766. The third kappa shape index (κ3) is 4.49. The Kier molecular flexibility index (Phi) is 7.25. The zero-order valence-corrected chi connectivity index (χ0v) is 16.1. The van der Waals surface area contributed by atoms with Gasteiger partial charge in [0.2, 0.25) is 5.91 Å². The van der Waals surface area contributed by atoms with Crippen LogP contribution in [0.15, 0.2) is 22.3 Å². The third-order valence-electron chi connectivity index (χ3n) is 5.92. The molecule has 1 aliphatic rings. The van der Waals surface area contributed by atoms with E-state index in [9.17, 15) is 14.7 Å². The molecule has 4 heteroatoms. The first-order chi connectivity index (χ1) is 11.1. The molecular formula is C20H33NO3. The van der Waals surface area contributed by atoms with Gasteiger partial charge >= 0.3 is 5.97 Å². The number of carboxylic acids is 1. The number of nitrogens with one attached hydrogen (secondary N) is 1. The minimum Gasteiger partial charge on any atom is -0.480 e. The van der Waals surface area contributed by atoms with Crippen molar-refractivity contribution in [3.63, 3.8) is 0 Å². The number of carboxylic acid groups (broad SMARTS) is 1. The zero-order valence-electron chi connectivity index (χ0n) is 16.1. The highest BCUT2D eigenvalue weighted by atomic mass is 16.4. The minimum absolute atomic E-state index is 0.0908. The number of rotatable bonds is 9. The van der Waals surface area contributed by atoms with Crippen LogP contribution in [0, 0.1) is 5.41 Å². The van der Waals surface area contributed by atoms with E-state index in [4.69, 9.17) is 0 Å². The maximum atomic E-state index is 12.3. The zero-order chi connectivity index (χ0) is 18.5. The number of unbranched alkanes of at least 4 members (excludes halogenated alkanes) is 2. The van der Waals surface area contributed by atoms with Gasteiger partial charge in [0.05, 0.1) is 0 Å². The van der Waals surface area contributed by atoms with E-state index >= 15 is 0 Å². The first-order valence-electron chi connectivity index (χ1n) is 9.03. The molecule has 0 saturated carbocycles. The van der Waals surface area contributed by atoms with E-state index < -0.39 is 12.0 Å². The van der Waals surface area contributed by atoms with Gasteiger partial charge in [0.25, 0.3) is 0 Å². The smallest absolute Gasteiger partial charge is 0.326 e. The monoisotopic (exact) mass is 335 g/mol. The summed E-state index contributed by atoms with van der Waals surface area (Å²) in [5, 5.41) is 12.0. The van der Waals surface area contributed by atoms with Crippen LogP contribution in [0.1, 0.15) is 80.1 Å². The van der Waals surface area contributed by atoms with Crippen LogP contribution in [-0.4, -0.2) is 23.0 Å².